The van der Waals surface area contributed by atoms with E-state index in [-0.39, 0.29) is 22.6 Å². The number of nitrogens with one attached hydrogen (secondary N) is 2. The van der Waals surface area contributed by atoms with Crippen LogP contribution in [0.5, 0.6) is 0 Å². The molecule has 1 amide bonds. The highest BCUT2D eigenvalue weighted by Gasteiger charge is 2.30. The number of rotatable bonds is 5. The van der Waals surface area contributed by atoms with Gasteiger partial charge in [0.2, 0.25) is 0 Å². The summed E-state index contributed by atoms with van der Waals surface area (Å²) in [5.74, 6) is 1.35. The Morgan fingerprint density at radius 3 is 2.82 bits per heavy atom. The van der Waals surface area contributed by atoms with Crippen molar-refractivity contribution in [1.82, 2.24) is 44.7 Å². The maximum absolute atomic E-state index is 13.4. The number of halogens is 1. The lowest BCUT2D eigenvalue weighted by Crippen LogP contribution is -2.25. The van der Waals surface area contributed by atoms with Crippen molar-refractivity contribution in [3.63, 3.8) is 0 Å². The molecule has 14 heteroatoms. The van der Waals surface area contributed by atoms with Gasteiger partial charge in [-0.1, -0.05) is 23.2 Å². The molecule has 0 saturated carbocycles. The van der Waals surface area contributed by atoms with Crippen LogP contribution in [0.1, 0.15) is 29.7 Å². The molecule has 0 radical (unpaired) electrons. The predicted octanol–water partition coefficient (Wildman–Crippen LogP) is 3.26. The number of anilines is 1. The van der Waals surface area contributed by atoms with E-state index in [9.17, 15) is 9.59 Å². The summed E-state index contributed by atoms with van der Waals surface area (Å²) < 4.78 is 3.17. The fraction of sp³-hybridized carbons (Fsp3) is 0.167. The normalized spacial score (nSPS) is 14.4. The number of imidazole rings is 1. The molecule has 190 valence electrons. The second kappa shape index (κ2) is 9.19. The Labute approximate surface area is 219 Å². The fourth-order valence-electron chi connectivity index (χ4n) is 4.61. The van der Waals surface area contributed by atoms with Crippen LogP contribution in [0, 0.1) is 6.92 Å². The number of hydrogen-bond donors (Lipinski definition) is 3. The van der Waals surface area contributed by atoms with Crippen LogP contribution in [0.3, 0.4) is 0 Å². The van der Waals surface area contributed by atoms with Gasteiger partial charge < -0.3 is 10.1 Å². The molecule has 0 fully saturated rings. The van der Waals surface area contributed by atoms with E-state index in [1.807, 2.05) is 25.1 Å². The predicted molar refractivity (Wildman–Crippen MR) is 136 cm³/mol. The molecule has 1 aliphatic rings. The third kappa shape index (κ3) is 4.18. The van der Waals surface area contributed by atoms with Crippen LogP contribution < -0.4 is 10.9 Å². The minimum absolute atomic E-state index is 0.187. The molecule has 5 aromatic rings. The van der Waals surface area contributed by atoms with Gasteiger partial charge in [0, 0.05) is 29.8 Å². The molecule has 1 aliphatic heterocycles. The molecule has 0 bridgehead atoms. The largest absolute Gasteiger partial charge is 0.465 e. The molecule has 4 aromatic heterocycles. The van der Waals surface area contributed by atoms with Crippen LogP contribution in [0.2, 0.25) is 5.15 Å². The van der Waals surface area contributed by atoms with Crippen LogP contribution in [0.15, 0.2) is 53.7 Å². The Kier molecular flexibility index (Phi) is 5.68. The molecule has 0 saturated heterocycles. The zero-order valence-electron chi connectivity index (χ0n) is 19.8. The summed E-state index contributed by atoms with van der Waals surface area (Å²) in [6, 6.07) is 10.1. The molecule has 0 spiro atoms. The van der Waals surface area contributed by atoms with E-state index in [1.54, 1.807) is 10.6 Å². The summed E-state index contributed by atoms with van der Waals surface area (Å²) in [5.41, 5.74) is 3.94. The summed E-state index contributed by atoms with van der Waals surface area (Å²) in [6.45, 7) is 1.97. The van der Waals surface area contributed by atoms with Gasteiger partial charge in [0.25, 0.3) is 5.56 Å². The number of benzene rings is 1. The third-order valence-corrected chi connectivity index (χ3v) is 6.56. The Bertz CT molecular complexity index is 1730. The van der Waals surface area contributed by atoms with Gasteiger partial charge in [-0.3, -0.25) is 14.7 Å². The van der Waals surface area contributed by atoms with Crippen molar-refractivity contribution in [2.45, 2.75) is 25.8 Å². The Morgan fingerprint density at radius 1 is 1.21 bits per heavy atom. The first-order valence-corrected chi connectivity index (χ1v) is 11.9. The maximum atomic E-state index is 13.4. The average molecular weight is 531 g/mol. The molecule has 0 aliphatic carbocycles. The standard InChI is InChI=1S/C24H19ClN10O3/c1-12-2-4-16(34-11-27-32-33-34)14(8-12)15-9-20(36)35-17(5-7-19(35)28-15)23-30-21(22(25)31-23)13-3-6-18(26-10-13)29-24(37)38/h2-4,6,8-11,17H,5,7H2,1H3,(H,26,29)(H,30,31)(H,37,38)/t17-/m0/s1. The summed E-state index contributed by atoms with van der Waals surface area (Å²) in [5, 5.41) is 22.7. The topological polar surface area (TPSA) is 169 Å². The van der Waals surface area contributed by atoms with Gasteiger partial charge in [-0.2, -0.15) is 4.68 Å². The van der Waals surface area contributed by atoms with E-state index in [0.717, 1.165) is 11.1 Å². The molecule has 5 heterocycles. The van der Waals surface area contributed by atoms with E-state index in [2.05, 4.69) is 35.8 Å². The van der Waals surface area contributed by atoms with Crippen molar-refractivity contribution in [3.05, 3.63) is 81.6 Å². The minimum atomic E-state index is -1.21. The second-order valence-corrected chi connectivity index (χ2v) is 9.10. The number of amides is 1. The number of carbonyl (C=O) groups is 1. The second-order valence-electron chi connectivity index (χ2n) is 8.75. The van der Waals surface area contributed by atoms with Crippen molar-refractivity contribution in [1.29, 1.82) is 0 Å². The minimum Gasteiger partial charge on any atom is -0.465 e. The van der Waals surface area contributed by atoms with Crippen molar-refractivity contribution in [3.8, 4) is 28.2 Å². The number of pyridine rings is 1. The highest BCUT2D eigenvalue weighted by Crippen LogP contribution is 2.34. The van der Waals surface area contributed by atoms with E-state index in [0.29, 0.717) is 47.1 Å². The zero-order valence-corrected chi connectivity index (χ0v) is 20.6. The van der Waals surface area contributed by atoms with Crippen molar-refractivity contribution in [2.75, 3.05) is 5.32 Å². The number of carboxylic acid groups (broad SMARTS) is 1. The number of aromatic amines is 1. The molecular formula is C24H19ClN10O3. The van der Waals surface area contributed by atoms with E-state index in [4.69, 9.17) is 21.7 Å². The number of aryl methyl sites for hydroxylation is 2. The highest BCUT2D eigenvalue weighted by molar-refractivity contribution is 6.31. The van der Waals surface area contributed by atoms with Crippen molar-refractivity contribution >= 4 is 23.5 Å². The smallest absolute Gasteiger partial charge is 0.410 e. The SMILES string of the molecule is Cc1ccc(-n2cnnn2)c(-c2cc(=O)n3c(n2)CC[C@H]3c2nc(Cl)c(-c3ccc(NC(=O)O)nc3)[nH]2)c1. The molecule has 1 atom stereocenters. The third-order valence-electron chi connectivity index (χ3n) is 6.28. The number of aromatic nitrogens is 9. The maximum Gasteiger partial charge on any atom is 0.410 e. The molecule has 13 nitrogen and oxygen atoms in total. The lowest BCUT2D eigenvalue weighted by molar-refractivity contribution is 0.209. The first kappa shape index (κ1) is 23.5. The number of H-pyrrole nitrogens is 1. The Balaban J connectivity index is 1.35. The molecular weight excluding hydrogens is 512 g/mol. The van der Waals surface area contributed by atoms with Crippen LogP contribution in [0.25, 0.3) is 28.2 Å². The number of nitrogens with zero attached hydrogens (tertiary/aromatic N) is 8. The van der Waals surface area contributed by atoms with Gasteiger partial charge in [-0.05, 0) is 48.0 Å². The lowest BCUT2D eigenvalue weighted by atomic mass is 10.1. The van der Waals surface area contributed by atoms with E-state index in [1.165, 1.54) is 29.3 Å². The monoisotopic (exact) mass is 530 g/mol. The van der Waals surface area contributed by atoms with E-state index < -0.39 is 6.09 Å². The molecule has 6 rings (SSSR count). The van der Waals surface area contributed by atoms with Gasteiger partial charge >= 0.3 is 6.09 Å². The number of fused-ring (bicyclic) bond motifs is 1. The quantitative estimate of drug-likeness (QED) is 0.308. The summed E-state index contributed by atoms with van der Waals surface area (Å²) in [7, 11) is 0. The van der Waals surface area contributed by atoms with Crippen molar-refractivity contribution in [2.24, 2.45) is 0 Å². The van der Waals surface area contributed by atoms with Crippen LogP contribution in [-0.2, 0) is 6.42 Å². The van der Waals surface area contributed by atoms with Gasteiger partial charge in [0.1, 0.15) is 23.8 Å². The molecule has 3 N–H and O–H groups in total. The first-order valence-electron chi connectivity index (χ1n) is 11.6. The van der Waals surface area contributed by atoms with Crippen molar-refractivity contribution < 1.29 is 9.90 Å². The molecule has 0 unspecified atom stereocenters. The molecule has 1 aromatic carbocycles. The van der Waals surface area contributed by atoms with Crippen LogP contribution >= 0.6 is 11.6 Å². The van der Waals surface area contributed by atoms with Gasteiger partial charge in [0.15, 0.2) is 5.15 Å². The van der Waals surface area contributed by atoms with Crippen LogP contribution in [-0.4, -0.2) is 55.9 Å². The summed E-state index contributed by atoms with van der Waals surface area (Å²) in [6.07, 6.45) is 2.96. The average Bonchev–Trinajstić information content (AvgIpc) is 3.64. The van der Waals surface area contributed by atoms with Crippen LogP contribution in [0.4, 0.5) is 10.6 Å². The number of tetrazole rings is 1. The van der Waals surface area contributed by atoms with Gasteiger partial charge in [0.05, 0.1) is 23.1 Å². The Morgan fingerprint density at radius 2 is 2.08 bits per heavy atom. The first-order chi connectivity index (χ1) is 18.4. The highest BCUT2D eigenvalue weighted by atomic mass is 35.5. The number of hydrogen-bond acceptors (Lipinski definition) is 8. The zero-order chi connectivity index (χ0) is 26.4. The fourth-order valence-corrected chi connectivity index (χ4v) is 4.86. The van der Waals surface area contributed by atoms with E-state index >= 15 is 0 Å². The van der Waals surface area contributed by atoms with Gasteiger partial charge in [-0.15, -0.1) is 5.10 Å². The summed E-state index contributed by atoms with van der Waals surface area (Å²) >= 11 is 6.43. The lowest BCUT2D eigenvalue weighted by Gasteiger charge is -2.14. The molecule has 38 heavy (non-hydrogen) atoms. The summed E-state index contributed by atoms with van der Waals surface area (Å²) in [4.78, 5) is 40.8. The Hall–Kier alpha value is -4.91. The van der Waals surface area contributed by atoms with Gasteiger partial charge in [-0.25, -0.2) is 19.7 Å².